The Bertz CT molecular complexity index is 288. The molecule has 0 saturated heterocycles. The Morgan fingerprint density at radius 3 is 1.08 bits per heavy atom. The third kappa shape index (κ3) is 23.7. The molecule has 0 unspecified atom stereocenters. The number of alkyl halides is 1. The topological polar surface area (TPSA) is 17.1 Å². The van der Waals surface area contributed by atoms with Gasteiger partial charge >= 0.3 is 0 Å². The Kier molecular flexibility index (Phi) is 24.4. The second-order valence-electron chi connectivity index (χ2n) is 7.70. The van der Waals surface area contributed by atoms with Crippen molar-refractivity contribution < 1.29 is 4.79 Å². The van der Waals surface area contributed by atoms with E-state index in [2.05, 4.69) is 12.2 Å². The summed E-state index contributed by atoms with van der Waals surface area (Å²) in [6, 6.07) is 0. The van der Waals surface area contributed by atoms with Crippen LogP contribution in [0.25, 0.3) is 0 Å². The summed E-state index contributed by atoms with van der Waals surface area (Å²) < 4.78 is 0. The molecule has 0 amide bonds. The quantitative estimate of drug-likeness (QED) is 0.0788. The molecular weight excluding hydrogens is 340 g/mol. The van der Waals surface area contributed by atoms with Gasteiger partial charge < -0.3 is 4.79 Å². The molecule has 0 saturated carbocycles. The first-order valence-electron chi connectivity index (χ1n) is 11.6. The molecule has 154 valence electrons. The van der Waals surface area contributed by atoms with Crippen molar-refractivity contribution in [3.63, 3.8) is 0 Å². The van der Waals surface area contributed by atoms with Crippen LogP contribution in [-0.4, -0.2) is 12.2 Å². The molecule has 0 fully saturated rings. The summed E-state index contributed by atoms with van der Waals surface area (Å²) in [5.41, 5.74) is 0. The van der Waals surface area contributed by atoms with E-state index in [4.69, 9.17) is 11.6 Å². The van der Waals surface area contributed by atoms with Crippen molar-refractivity contribution in [2.24, 2.45) is 0 Å². The highest BCUT2D eigenvalue weighted by Crippen LogP contribution is 2.12. The van der Waals surface area contributed by atoms with Crippen molar-refractivity contribution in [3.05, 3.63) is 12.2 Å². The van der Waals surface area contributed by atoms with E-state index >= 15 is 0 Å². The lowest BCUT2D eigenvalue weighted by molar-refractivity contribution is -0.107. The highest BCUT2D eigenvalue weighted by atomic mass is 35.5. The molecule has 0 aromatic heterocycles. The number of aldehydes is 1. The smallest absolute Gasteiger partial charge is 0.119 e. The standard InChI is InChI=1S/C24H45ClO/c25-23-21-19-17-15-13-11-9-7-5-3-1-2-4-6-8-10-12-14-16-18-20-22-24-26/h1-2,24H,3-23H2/b2-1+. The van der Waals surface area contributed by atoms with Gasteiger partial charge in [-0.2, -0.15) is 0 Å². The van der Waals surface area contributed by atoms with Gasteiger partial charge in [0.25, 0.3) is 0 Å². The molecular formula is C24H45ClO. The van der Waals surface area contributed by atoms with Crippen molar-refractivity contribution in [1.29, 1.82) is 0 Å². The first kappa shape index (κ1) is 25.7. The number of halogens is 1. The van der Waals surface area contributed by atoms with E-state index < -0.39 is 0 Å². The monoisotopic (exact) mass is 384 g/mol. The molecule has 0 atom stereocenters. The van der Waals surface area contributed by atoms with Gasteiger partial charge in [-0.15, -0.1) is 11.6 Å². The molecule has 0 heterocycles. The highest BCUT2D eigenvalue weighted by molar-refractivity contribution is 6.17. The lowest BCUT2D eigenvalue weighted by Gasteiger charge is -2.01. The van der Waals surface area contributed by atoms with Crippen LogP contribution in [0.3, 0.4) is 0 Å². The second-order valence-corrected chi connectivity index (χ2v) is 8.08. The zero-order valence-corrected chi connectivity index (χ0v) is 18.1. The Balaban J connectivity index is 3.05. The predicted molar refractivity (Wildman–Crippen MR) is 118 cm³/mol. The normalized spacial score (nSPS) is 11.4. The van der Waals surface area contributed by atoms with Gasteiger partial charge in [0, 0.05) is 12.3 Å². The van der Waals surface area contributed by atoms with Gasteiger partial charge in [0.15, 0.2) is 0 Å². The second kappa shape index (κ2) is 24.7. The molecule has 0 aromatic carbocycles. The van der Waals surface area contributed by atoms with Crippen LogP contribution in [0.1, 0.15) is 128 Å². The zero-order chi connectivity index (χ0) is 19.0. The van der Waals surface area contributed by atoms with Crippen LogP contribution in [0.4, 0.5) is 0 Å². The number of allylic oxidation sites excluding steroid dienone is 2. The third-order valence-corrected chi connectivity index (χ3v) is 5.38. The summed E-state index contributed by atoms with van der Waals surface area (Å²) in [6.45, 7) is 0. The molecule has 0 aliphatic heterocycles. The maximum Gasteiger partial charge on any atom is 0.119 e. The van der Waals surface area contributed by atoms with Crippen molar-refractivity contribution in [1.82, 2.24) is 0 Å². The minimum absolute atomic E-state index is 0.752. The number of hydrogen-bond acceptors (Lipinski definition) is 1. The van der Waals surface area contributed by atoms with Gasteiger partial charge in [0.2, 0.25) is 0 Å². The summed E-state index contributed by atoms with van der Waals surface area (Å²) >= 11 is 5.68. The summed E-state index contributed by atoms with van der Waals surface area (Å²) in [5.74, 6) is 0.831. The van der Waals surface area contributed by atoms with Gasteiger partial charge in [-0.25, -0.2) is 0 Å². The van der Waals surface area contributed by atoms with E-state index in [9.17, 15) is 4.79 Å². The summed E-state index contributed by atoms with van der Waals surface area (Å²) in [4.78, 5) is 10.2. The molecule has 0 aliphatic carbocycles. The molecule has 2 heteroatoms. The lowest BCUT2D eigenvalue weighted by atomic mass is 10.1. The van der Waals surface area contributed by atoms with E-state index in [1.54, 1.807) is 0 Å². The first-order valence-corrected chi connectivity index (χ1v) is 12.1. The lowest BCUT2D eigenvalue weighted by Crippen LogP contribution is -1.82. The molecule has 0 aromatic rings. The summed E-state index contributed by atoms with van der Waals surface area (Å²) in [6.07, 6.45) is 31.9. The predicted octanol–water partition coefficient (Wildman–Crippen LogP) is 8.78. The molecule has 1 nitrogen and oxygen atoms in total. The van der Waals surface area contributed by atoms with Gasteiger partial charge in [-0.1, -0.05) is 95.6 Å². The van der Waals surface area contributed by atoms with Crippen LogP contribution in [-0.2, 0) is 4.79 Å². The molecule has 0 rings (SSSR count). The average Bonchev–Trinajstić information content (AvgIpc) is 2.66. The largest absolute Gasteiger partial charge is 0.303 e. The van der Waals surface area contributed by atoms with Crippen LogP contribution in [0.5, 0.6) is 0 Å². The third-order valence-electron chi connectivity index (χ3n) is 5.11. The molecule has 0 N–H and O–H groups in total. The van der Waals surface area contributed by atoms with E-state index in [0.717, 1.165) is 25.0 Å². The summed E-state index contributed by atoms with van der Waals surface area (Å²) in [5, 5.41) is 0. The van der Waals surface area contributed by atoms with E-state index in [1.807, 2.05) is 0 Å². The van der Waals surface area contributed by atoms with Gasteiger partial charge in [-0.05, 0) is 38.5 Å². The number of hydrogen-bond donors (Lipinski definition) is 0. The van der Waals surface area contributed by atoms with Gasteiger partial charge in [0.1, 0.15) is 6.29 Å². The van der Waals surface area contributed by atoms with Crippen molar-refractivity contribution >= 4 is 17.9 Å². The van der Waals surface area contributed by atoms with E-state index in [1.165, 1.54) is 116 Å². The van der Waals surface area contributed by atoms with E-state index in [0.29, 0.717) is 0 Å². The SMILES string of the molecule is O=CCCCCCCCCCC/C=C/CCCCCCCCCCCCl. The highest BCUT2D eigenvalue weighted by Gasteiger charge is 1.93. The maximum atomic E-state index is 10.2. The number of carbonyl (C=O) groups excluding carboxylic acids is 1. The fourth-order valence-electron chi connectivity index (χ4n) is 3.38. The van der Waals surface area contributed by atoms with Crippen molar-refractivity contribution in [3.8, 4) is 0 Å². The van der Waals surface area contributed by atoms with E-state index in [-0.39, 0.29) is 0 Å². The van der Waals surface area contributed by atoms with Crippen molar-refractivity contribution in [2.75, 3.05) is 5.88 Å². The fraction of sp³-hybridized carbons (Fsp3) is 0.875. The minimum Gasteiger partial charge on any atom is -0.303 e. The van der Waals surface area contributed by atoms with Crippen LogP contribution in [0.2, 0.25) is 0 Å². The molecule has 26 heavy (non-hydrogen) atoms. The van der Waals surface area contributed by atoms with Crippen LogP contribution < -0.4 is 0 Å². The number of carbonyl (C=O) groups is 1. The van der Waals surface area contributed by atoms with Gasteiger partial charge in [0.05, 0.1) is 0 Å². The molecule has 0 aliphatic rings. The average molecular weight is 385 g/mol. The molecule has 0 radical (unpaired) electrons. The zero-order valence-electron chi connectivity index (χ0n) is 17.4. The fourth-order valence-corrected chi connectivity index (χ4v) is 3.57. The molecule has 0 spiro atoms. The molecule has 0 bridgehead atoms. The Morgan fingerprint density at radius 1 is 0.423 bits per heavy atom. The maximum absolute atomic E-state index is 10.2. The Labute approximate surface area is 169 Å². The van der Waals surface area contributed by atoms with Crippen LogP contribution >= 0.6 is 11.6 Å². The van der Waals surface area contributed by atoms with Crippen LogP contribution in [0, 0.1) is 0 Å². The number of rotatable bonds is 22. The number of unbranched alkanes of at least 4 members (excludes halogenated alkanes) is 18. The summed E-state index contributed by atoms with van der Waals surface area (Å²) in [7, 11) is 0. The Morgan fingerprint density at radius 2 is 0.731 bits per heavy atom. The van der Waals surface area contributed by atoms with Crippen molar-refractivity contribution in [2.45, 2.75) is 128 Å². The first-order chi connectivity index (χ1) is 12.9. The van der Waals surface area contributed by atoms with Gasteiger partial charge in [-0.3, -0.25) is 0 Å². The minimum atomic E-state index is 0.752. The van der Waals surface area contributed by atoms with Crippen LogP contribution in [0.15, 0.2) is 12.2 Å². The Hall–Kier alpha value is -0.300.